The molecule has 0 aliphatic carbocycles. The number of hydrogen-bond acceptors (Lipinski definition) is 3. The lowest BCUT2D eigenvalue weighted by atomic mass is 9.73. The van der Waals surface area contributed by atoms with Crippen molar-refractivity contribution in [3.8, 4) is 10.4 Å². The second kappa shape index (κ2) is 8.26. The number of nitrogens with zero attached hydrogens (tertiary/aromatic N) is 1. The Bertz CT molecular complexity index is 800. The van der Waals surface area contributed by atoms with Crippen LogP contribution in [-0.4, -0.2) is 35.8 Å². The molecule has 1 aromatic carbocycles. The van der Waals surface area contributed by atoms with Crippen LogP contribution in [0.5, 0.6) is 0 Å². The average molecular weight is 385 g/mol. The van der Waals surface area contributed by atoms with Gasteiger partial charge in [-0.25, -0.2) is 0 Å². The van der Waals surface area contributed by atoms with Crippen LogP contribution in [0.25, 0.3) is 10.4 Å². The maximum atomic E-state index is 13.3. The number of carbonyl (C=O) groups is 2. The Morgan fingerprint density at radius 2 is 2.00 bits per heavy atom. The van der Waals surface area contributed by atoms with Crippen LogP contribution >= 0.6 is 11.3 Å². The summed E-state index contributed by atoms with van der Waals surface area (Å²) in [4.78, 5) is 28.3. The molecule has 5 heteroatoms. The monoisotopic (exact) mass is 384 g/mol. The van der Waals surface area contributed by atoms with Crippen molar-refractivity contribution in [2.75, 3.05) is 13.1 Å². The fourth-order valence-electron chi connectivity index (χ4n) is 3.94. The Morgan fingerprint density at radius 1 is 1.22 bits per heavy atom. The predicted molar refractivity (Wildman–Crippen MR) is 111 cm³/mol. The van der Waals surface area contributed by atoms with Crippen molar-refractivity contribution in [2.45, 2.75) is 46.1 Å². The van der Waals surface area contributed by atoms with E-state index in [0.29, 0.717) is 13.0 Å². The molecule has 0 saturated carbocycles. The summed E-state index contributed by atoms with van der Waals surface area (Å²) in [5.41, 5.74) is 1.77. The van der Waals surface area contributed by atoms with Crippen molar-refractivity contribution in [1.29, 1.82) is 0 Å². The van der Waals surface area contributed by atoms with E-state index in [1.807, 2.05) is 30.9 Å². The van der Waals surface area contributed by atoms with Crippen molar-refractivity contribution in [1.82, 2.24) is 10.2 Å². The van der Waals surface area contributed by atoms with Gasteiger partial charge in [0.2, 0.25) is 11.8 Å². The molecule has 2 heterocycles. The van der Waals surface area contributed by atoms with E-state index in [2.05, 4.69) is 35.0 Å². The largest absolute Gasteiger partial charge is 0.353 e. The minimum atomic E-state index is -0.582. The molecule has 0 unspecified atom stereocenters. The third kappa shape index (κ3) is 4.41. The highest BCUT2D eigenvalue weighted by atomic mass is 32.1. The highest BCUT2D eigenvalue weighted by Gasteiger charge is 2.43. The Hall–Kier alpha value is -2.14. The van der Waals surface area contributed by atoms with Crippen LogP contribution in [0.1, 0.15) is 39.2 Å². The van der Waals surface area contributed by atoms with Crippen molar-refractivity contribution in [3.05, 3.63) is 47.3 Å². The summed E-state index contributed by atoms with van der Waals surface area (Å²) in [6, 6.07) is 12.6. The number of nitrogens with one attached hydrogen (secondary N) is 1. The summed E-state index contributed by atoms with van der Waals surface area (Å²) >= 11 is 1.71. The minimum absolute atomic E-state index is 0.0444. The summed E-state index contributed by atoms with van der Waals surface area (Å²) in [5, 5.41) is 5.19. The van der Waals surface area contributed by atoms with Crippen LogP contribution in [0.4, 0.5) is 0 Å². The molecule has 27 heavy (non-hydrogen) atoms. The quantitative estimate of drug-likeness (QED) is 0.843. The first-order chi connectivity index (χ1) is 12.9. The van der Waals surface area contributed by atoms with Gasteiger partial charge >= 0.3 is 0 Å². The van der Waals surface area contributed by atoms with Gasteiger partial charge in [-0.15, -0.1) is 11.3 Å². The van der Waals surface area contributed by atoms with Crippen molar-refractivity contribution < 1.29 is 9.59 Å². The van der Waals surface area contributed by atoms with Gasteiger partial charge < -0.3 is 10.2 Å². The minimum Gasteiger partial charge on any atom is -0.353 e. The molecule has 3 rings (SSSR count). The second-order valence-electron chi connectivity index (χ2n) is 7.76. The van der Waals surface area contributed by atoms with Gasteiger partial charge in [0.25, 0.3) is 0 Å². The maximum Gasteiger partial charge on any atom is 0.228 e. The van der Waals surface area contributed by atoms with E-state index >= 15 is 0 Å². The number of benzene rings is 1. The molecule has 1 aliphatic rings. The first kappa shape index (κ1) is 19.6. The van der Waals surface area contributed by atoms with Crippen LogP contribution in [0.3, 0.4) is 0 Å². The number of amides is 2. The Balaban J connectivity index is 1.98. The number of thiophene rings is 1. The Kier molecular flexibility index (Phi) is 6.00. The fraction of sp³-hybridized carbons (Fsp3) is 0.455. The summed E-state index contributed by atoms with van der Waals surface area (Å²) in [6.45, 7) is 6.78. The topological polar surface area (TPSA) is 49.4 Å². The molecule has 1 aliphatic heterocycles. The first-order valence-corrected chi connectivity index (χ1v) is 10.5. The number of piperidine rings is 1. The van der Waals surface area contributed by atoms with E-state index in [-0.39, 0.29) is 17.9 Å². The summed E-state index contributed by atoms with van der Waals surface area (Å²) < 4.78 is 0. The molecule has 1 saturated heterocycles. The van der Waals surface area contributed by atoms with Crippen LogP contribution in [0, 0.1) is 5.41 Å². The van der Waals surface area contributed by atoms with Gasteiger partial charge in [-0.05, 0) is 55.7 Å². The normalized spacial score (nSPS) is 19.9. The van der Waals surface area contributed by atoms with Crippen molar-refractivity contribution >= 4 is 23.2 Å². The lowest BCUT2D eigenvalue weighted by molar-refractivity contribution is -0.140. The molecule has 0 spiro atoms. The number of hydrogen-bond donors (Lipinski definition) is 1. The average Bonchev–Trinajstić information content (AvgIpc) is 3.16. The van der Waals surface area contributed by atoms with Gasteiger partial charge in [-0.2, -0.15) is 0 Å². The Labute approximate surface area is 165 Å². The predicted octanol–water partition coefficient (Wildman–Crippen LogP) is 4.11. The summed E-state index contributed by atoms with van der Waals surface area (Å²) in [7, 11) is 0. The molecule has 1 aromatic heterocycles. The highest BCUT2D eigenvalue weighted by molar-refractivity contribution is 7.13. The highest BCUT2D eigenvalue weighted by Crippen LogP contribution is 2.38. The number of rotatable bonds is 5. The van der Waals surface area contributed by atoms with Gasteiger partial charge in [-0.3, -0.25) is 9.59 Å². The Morgan fingerprint density at radius 3 is 2.67 bits per heavy atom. The summed E-state index contributed by atoms with van der Waals surface area (Å²) in [5.74, 6) is 0.104. The molecule has 1 atom stereocenters. The van der Waals surface area contributed by atoms with E-state index in [4.69, 9.17) is 0 Å². The third-order valence-electron chi connectivity index (χ3n) is 5.26. The van der Waals surface area contributed by atoms with Crippen molar-refractivity contribution in [3.63, 3.8) is 0 Å². The number of likely N-dealkylation sites (tertiary alicyclic amines) is 1. The van der Waals surface area contributed by atoms with E-state index < -0.39 is 5.41 Å². The molecule has 0 radical (unpaired) electrons. The maximum absolute atomic E-state index is 13.3. The van der Waals surface area contributed by atoms with Gasteiger partial charge in [0.1, 0.15) is 0 Å². The van der Waals surface area contributed by atoms with E-state index in [0.717, 1.165) is 19.4 Å². The van der Waals surface area contributed by atoms with Crippen LogP contribution in [0.2, 0.25) is 0 Å². The lowest BCUT2D eigenvalue weighted by Gasteiger charge is -2.42. The van der Waals surface area contributed by atoms with Gasteiger partial charge in [0.05, 0.1) is 5.41 Å². The third-order valence-corrected chi connectivity index (χ3v) is 6.16. The smallest absolute Gasteiger partial charge is 0.228 e. The molecule has 0 bridgehead atoms. The zero-order valence-corrected chi connectivity index (χ0v) is 17.1. The van der Waals surface area contributed by atoms with Crippen LogP contribution < -0.4 is 5.32 Å². The molecule has 4 nitrogen and oxygen atoms in total. The molecular formula is C22H28N2O2S. The number of carbonyl (C=O) groups excluding carboxylic acids is 2. The summed E-state index contributed by atoms with van der Waals surface area (Å²) in [6.07, 6.45) is 2.30. The zero-order chi connectivity index (χ0) is 19.4. The van der Waals surface area contributed by atoms with E-state index in [1.165, 1.54) is 16.0 Å². The van der Waals surface area contributed by atoms with E-state index in [1.54, 1.807) is 18.3 Å². The molecule has 2 amide bonds. The molecule has 2 aromatic rings. The fourth-order valence-corrected chi connectivity index (χ4v) is 4.72. The molecule has 144 valence electrons. The standard InChI is InChI=1S/C22H28N2O2S/c1-16(2)23-21(26)22(11-7-12-24(15-22)17(3)25)14-18-8-4-5-9-19(18)20-10-6-13-27-20/h4-6,8-10,13,16H,7,11-12,14-15H2,1-3H3,(H,23,26)/t22-/m1/s1. The van der Waals surface area contributed by atoms with Crippen LogP contribution in [-0.2, 0) is 16.0 Å². The van der Waals surface area contributed by atoms with Gasteiger partial charge in [-0.1, -0.05) is 30.3 Å². The molecular weight excluding hydrogens is 356 g/mol. The van der Waals surface area contributed by atoms with Gasteiger partial charge in [0, 0.05) is 30.9 Å². The molecule has 1 N–H and O–H groups in total. The van der Waals surface area contributed by atoms with E-state index in [9.17, 15) is 9.59 Å². The van der Waals surface area contributed by atoms with Crippen molar-refractivity contribution in [2.24, 2.45) is 5.41 Å². The molecule has 1 fully saturated rings. The second-order valence-corrected chi connectivity index (χ2v) is 8.71. The lowest BCUT2D eigenvalue weighted by Crippen LogP contribution is -2.55. The van der Waals surface area contributed by atoms with Crippen LogP contribution in [0.15, 0.2) is 41.8 Å². The zero-order valence-electron chi connectivity index (χ0n) is 16.3. The van der Waals surface area contributed by atoms with Gasteiger partial charge in [0.15, 0.2) is 0 Å². The first-order valence-electron chi connectivity index (χ1n) is 9.59. The SMILES string of the molecule is CC(=O)N1CCC[C@](Cc2ccccc2-c2cccs2)(C(=O)NC(C)C)C1.